The molecule has 0 saturated carbocycles. The van der Waals surface area contributed by atoms with Crippen LogP contribution in [0.4, 0.5) is 0 Å². The van der Waals surface area contributed by atoms with Crippen LogP contribution in [0.1, 0.15) is 75.5 Å². The van der Waals surface area contributed by atoms with Crippen molar-refractivity contribution in [3.05, 3.63) is 65.2 Å². The highest BCUT2D eigenvalue weighted by molar-refractivity contribution is 5.44. The van der Waals surface area contributed by atoms with Crippen LogP contribution < -0.4 is 4.74 Å². The molecule has 0 amide bonds. The van der Waals surface area contributed by atoms with Crippen LogP contribution in [-0.2, 0) is 6.42 Å². The van der Waals surface area contributed by atoms with Gasteiger partial charge in [0.25, 0.3) is 0 Å². The van der Waals surface area contributed by atoms with E-state index in [2.05, 4.69) is 69.3 Å². The summed E-state index contributed by atoms with van der Waals surface area (Å²) in [5.74, 6) is 2.05. The second-order valence-electron chi connectivity index (χ2n) is 8.06. The van der Waals surface area contributed by atoms with Crippen molar-refractivity contribution >= 4 is 0 Å². The first-order valence-electron chi connectivity index (χ1n) is 10.4. The van der Waals surface area contributed by atoms with Crippen molar-refractivity contribution in [1.29, 1.82) is 0 Å². The second-order valence-corrected chi connectivity index (χ2v) is 8.06. The Morgan fingerprint density at radius 3 is 2.50 bits per heavy atom. The number of fused-ring (bicyclic) bond motifs is 1. The number of aryl methyl sites for hydroxylation is 1. The molecule has 0 bridgehead atoms. The van der Waals surface area contributed by atoms with Crippen molar-refractivity contribution in [2.24, 2.45) is 11.3 Å². The maximum atomic E-state index is 5.58. The van der Waals surface area contributed by atoms with Crippen LogP contribution in [0.25, 0.3) is 0 Å². The Hall–Kier alpha value is -1.76. The van der Waals surface area contributed by atoms with Crippen LogP contribution >= 0.6 is 0 Å². The molecule has 0 fully saturated rings. The summed E-state index contributed by atoms with van der Waals surface area (Å²) in [6.07, 6.45) is 7.71. The fourth-order valence-electron chi connectivity index (χ4n) is 5.14. The van der Waals surface area contributed by atoms with Crippen LogP contribution in [0.5, 0.6) is 5.75 Å². The summed E-state index contributed by atoms with van der Waals surface area (Å²) in [5, 5.41) is 0. The SMILES string of the molecule is CCCC[C@]1(CC)CCc2ccc(OC)cc2[C@@H](c2ccccc2)[C@H]1C. The molecule has 1 aliphatic rings. The van der Waals surface area contributed by atoms with E-state index in [0.29, 0.717) is 17.3 Å². The van der Waals surface area contributed by atoms with Crippen molar-refractivity contribution in [1.82, 2.24) is 0 Å². The van der Waals surface area contributed by atoms with Crippen LogP contribution in [0, 0.1) is 11.3 Å². The number of hydrogen-bond acceptors (Lipinski definition) is 1. The average molecular weight is 351 g/mol. The molecule has 0 unspecified atom stereocenters. The number of benzene rings is 2. The van der Waals surface area contributed by atoms with Gasteiger partial charge in [-0.2, -0.15) is 0 Å². The van der Waals surface area contributed by atoms with E-state index in [-0.39, 0.29) is 0 Å². The van der Waals surface area contributed by atoms with Crippen molar-refractivity contribution in [3.63, 3.8) is 0 Å². The number of rotatable bonds is 6. The summed E-state index contributed by atoms with van der Waals surface area (Å²) in [4.78, 5) is 0. The van der Waals surface area contributed by atoms with Gasteiger partial charge in [0.2, 0.25) is 0 Å². The van der Waals surface area contributed by atoms with E-state index in [1.54, 1.807) is 7.11 Å². The summed E-state index contributed by atoms with van der Waals surface area (Å²) in [7, 11) is 1.77. The standard InChI is InChI=1S/C25H34O/c1-5-7-16-25(6-2)17-15-20-13-14-22(26-4)18-23(20)24(19(25)3)21-11-9-8-10-12-21/h8-14,18-19,24H,5-7,15-17H2,1-4H3/t19-,24-,25-/m1/s1. The quantitative estimate of drug-likeness (QED) is 0.510. The lowest BCUT2D eigenvalue weighted by Gasteiger charge is -2.42. The Morgan fingerprint density at radius 2 is 1.85 bits per heavy atom. The van der Waals surface area contributed by atoms with Gasteiger partial charge in [-0.1, -0.05) is 76.4 Å². The van der Waals surface area contributed by atoms with E-state index >= 15 is 0 Å². The van der Waals surface area contributed by atoms with E-state index in [4.69, 9.17) is 4.74 Å². The Balaban J connectivity index is 2.13. The van der Waals surface area contributed by atoms with Gasteiger partial charge in [0.1, 0.15) is 5.75 Å². The molecule has 26 heavy (non-hydrogen) atoms. The zero-order valence-electron chi connectivity index (χ0n) is 16.9. The fourth-order valence-corrected chi connectivity index (χ4v) is 5.14. The summed E-state index contributed by atoms with van der Waals surface area (Å²) in [5.41, 5.74) is 4.86. The third-order valence-electron chi connectivity index (χ3n) is 6.94. The Bertz CT molecular complexity index is 705. The molecule has 0 spiro atoms. The van der Waals surface area contributed by atoms with Crippen molar-refractivity contribution in [2.75, 3.05) is 7.11 Å². The molecular weight excluding hydrogens is 316 g/mol. The van der Waals surface area contributed by atoms with E-state index in [0.717, 1.165) is 5.75 Å². The fraction of sp³-hybridized carbons (Fsp3) is 0.520. The van der Waals surface area contributed by atoms with E-state index in [1.165, 1.54) is 55.2 Å². The summed E-state index contributed by atoms with van der Waals surface area (Å²) in [6.45, 7) is 7.23. The van der Waals surface area contributed by atoms with Crippen LogP contribution in [0.3, 0.4) is 0 Å². The minimum atomic E-state index is 0.419. The third-order valence-corrected chi connectivity index (χ3v) is 6.94. The number of ether oxygens (including phenoxy) is 1. The average Bonchev–Trinajstić information content (AvgIpc) is 2.81. The minimum Gasteiger partial charge on any atom is -0.497 e. The number of methoxy groups -OCH3 is 1. The van der Waals surface area contributed by atoms with Gasteiger partial charge in [-0.3, -0.25) is 0 Å². The first-order chi connectivity index (χ1) is 12.6. The summed E-state index contributed by atoms with van der Waals surface area (Å²) in [6, 6.07) is 17.9. The highest BCUT2D eigenvalue weighted by Gasteiger charge is 2.42. The first-order valence-corrected chi connectivity index (χ1v) is 10.4. The Morgan fingerprint density at radius 1 is 1.08 bits per heavy atom. The Labute approximate surface area is 159 Å². The maximum absolute atomic E-state index is 5.58. The molecule has 3 atom stereocenters. The number of unbranched alkanes of at least 4 members (excludes halogenated alkanes) is 1. The molecule has 0 heterocycles. The predicted octanol–water partition coefficient (Wildman–Crippen LogP) is 7.00. The summed E-state index contributed by atoms with van der Waals surface area (Å²) < 4.78 is 5.58. The molecule has 1 heteroatoms. The van der Waals surface area contributed by atoms with Crippen LogP contribution in [0.2, 0.25) is 0 Å². The smallest absolute Gasteiger partial charge is 0.119 e. The second kappa shape index (κ2) is 8.29. The van der Waals surface area contributed by atoms with E-state index in [9.17, 15) is 0 Å². The van der Waals surface area contributed by atoms with Gasteiger partial charge in [-0.05, 0) is 59.4 Å². The molecule has 2 aromatic rings. The topological polar surface area (TPSA) is 9.23 Å². The lowest BCUT2D eigenvalue weighted by Crippen LogP contribution is -2.32. The van der Waals surface area contributed by atoms with E-state index in [1.807, 2.05) is 0 Å². The van der Waals surface area contributed by atoms with Gasteiger partial charge in [0, 0.05) is 5.92 Å². The normalized spacial score (nSPS) is 25.4. The van der Waals surface area contributed by atoms with Crippen molar-refractivity contribution in [2.45, 2.75) is 65.2 Å². The molecule has 0 radical (unpaired) electrons. The molecule has 0 aliphatic heterocycles. The molecular formula is C25H34O. The van der Waals surface area contributed by atoms with Gasteiger partial charge in [-0.25, -0.2) is 0 Å². The highest BCUT2D eigenvalue weighted by Crippen LogP contribution is 2.53. The van der Waals surface area contributed by atoms with Crippen molar-refractivity contribution < 1.29 is 4.74 Å². The van der Waals surface area contributed by atoms with Gasteiger partial charge >= 0.3 is 0 Å². The summed E-state index contributed by atoms with van der Waals surface area (Å²) >= 11 is 0. The van der Waals surface area contributed by atoms with E-state index < -0.39 is 0 Å². The van der Waals surface area contributed by atoms with Crippen LogP contribution in [0.15, 0.2) is 48.5 Å². The molecule has 0 aromatic heterocycles. The van der Waals surface area contributed by atoms with Crippen LogP contribution in [-0.4, -0.2) is 7.11 Å². The molecule has 2 aromatic carbocycles. The molecule has 1 aliphatic carbocycles. The molecule has 1 nitrogen and oxygen atoms in total. The number of hydrogen-bond donors (Lipinski definition) is 0. The first kappa shape index (κ1) is 19.0. The molecule has 0 N–H and O–H groups in total. The third kappa shape index (κ3) is 3.54. The molecule has 140 valence electrons. The maximum Gasteiger partial charge on any atom is 0.119 e. The predicted molar refractivity (Wildman–Crippen MR) is 111 cm³/mol. The van der Waals surface area contributed by atoms with Gasteiger partial charge < -0.3 is 4.74 Å². The molecule has 0 saturated heterocycles. The lowest BCUT2D eigenvalue weighted by atomic mass is 9.63. The monoisotopic (exact) mass is 350 g/mol. The van der Waals surface area contributed by atoms with Gasteiger partial charge in [-0.15, -0.1) is 0 Å². The highest BCUT2D eigenvalue weighted by atomic mass is 16.5. The Kier molecular flexibility index (Phi) is 6.06. The van der Waals surface area contributed by atoms with Gasteiger partial charge in [0.05, 0.1) is 7.11 Å². The lowest BCUT2D eigenvalue weighted by molar-refractivity contribution is 0.122. The largest absolute Gasteiger partial charge is 0.497 e. The molecule has 3 rings (SSSR count). The van der Waals surface area contributed by atoms with Gasteiger partial charge in [0.15, 0.2) is 0 Å². The minimum absolute atomic E-state index is 0.419. The van der Waals surface area contributed by atoms with Crippen molar-refractivity contribution in [3.8, 4) is 5.75 Å². The zero-order valence-corrected chi connectivity index (χ0v) is 16.9. The zero-order chi connectivity index (χ0) is 18.6.